The molecule has 0 unspecified atom stereocenters. The first-order chi connectivity index (χ1) is 6.11. The quantitative estimate of drug-likeness (QED) is 0.458. The molecule has 1 heteroatoms. The highest BCUT2D eigenvalue weighted by atomic mass is 14.7. The Kier molecular flexibility index (Phi) is 5.86. The van der Waals surface area contributed by atoms with Gasteiger partial charge in [-0.3, -0.25) is 4.99 Å². The van der Waals surface area contributed by atoms with E-state index in [9.17, 15) is 0 Å². The molecule has 72 valence electrons. The third kappa shape index (κ3) is 5.18. The van der Waals surface area contributed by atoms with Gasteiger partial charge in [0, 0.05) is 11.9 Å². The van der Waals surface area contributed by atoms with E-state index >= 15 is 0 Å². The lowest BCUT2D eigenvalue weighted by Gasteiger charge is -1.98. The SMILES string of the molecule is C\C=C/N=C(C)/C(C)=C\C(C)=C/C. The van der Waals surface area contributed by atoms with Crippen LogP contribution < -0.4 is 0 Å². The molecule has 0 heterocycles. The summed E-state index contributed by atoms with van der Waals surface area (Å²) in [5, 5.41) is 0. The van der Waals surface area contributed by atoms with Crippen LogP contribution in [-0.2, 0) is 0 Å². The van der Waals surface area contributed by atoms with Crippen LogP contribution in [0.15, 0.2) is 40.6 Å². The highest BCUT2D eigenvalue weighted by molar-refractivity contribution is 5.98. The molecule has 0 aliphatic rings. The van der Waals surface area contributed by atoms with Crippen molar-refractivity contribution in [1.29, 1.82) is 0 Å². The number of hydrogen-bond acceptors (Lipinski definition) is 1. The van der Waals surface area contributed by atoms with Gasteiger partial charge >= 0.3 is 0 Å². The third-order valence-electron chi connectivity index (χ3n) is 1.89. The van der Waals surface area contributed by atoms with Crippen molar-refractivity contribution in [3.05, 3.63) is 35.6 Å². The molecule has 0 aliphatic carbocycles. The van der Waals surface area contributed by atoms with Crippen molar-refractivity contribution in [2.75, 3.05) is 0 Å². The number of nitrogens with zero attached hydrogens (tertiary/aromatic N) is 1. The van der Waals surface area contributed by atoms with Gasteiger partial charge in [-0.05, 0) is 40.2 Å². The fourth-order valence-corrected chi connectivity index (χ4v) is 0.817. The fourth-order valence-electron chi connectivity index (χ4n) is 0.817. The standard InChI is InChI=1S/C12H19N/c1-6-8-13-12(5)11(4)9-10(3)7-2/h6-9H,1-5H3/b8-6-,10-7-,11-9-,13-12+. The minimum Gasteiger partial charge on any atom is -0.262 e. The highest BCUT2D eigenvalue weighted by Crippen LogP contribution is 2.03. The Hall–Kier alpha value is -1.11. The summed E-state index contributed by atoms with van der Waals surface area (Å²) in [4.78, 5) is 4.27. The van der Waals surface area contributed by atoms with E-state index in [1.165, 1.54) is 11.1 Å². The molecule has 0 N–H and O–H groups in total. The van der Waals surface area contributed by atoms with Gasteiger partial charge in [-0.15, -0.1) is 0 Å². The Morgan fingerprint density at radius 2 is 1.69 bits per heavy atom. The summed E-state index contributed by atoms with van der Waals surface area (Å²) in [5.74, 6) is 0. The Morgan fingerprint density at radius 1 is 1.08 bits per heavy atom. The van der Waals surface area contributed by atoms with Crippen LogP contribution in [0.1, 0.15) is 34.6 Å². The molecule has 0 atom stereocenters. The average Bonchev–Trinajstić information content (AvgIpc) is 2.13. The van der Waals surface area contributed by atoms with Crippen LogP contribution in [0.3, 0.4) is 0 Å². The largest absolute Gasteiger partial charge is 0.262 e. The van der Waals surface area contributed by atoms with Crippen molar-refractivity contribution >= 4 is 5.71 Å². The van der Waals surface area contributed by atoms with Crippen LogP contribution >= 0.6 is 0 Å². The van der Waals surface area contributed by atoms with E-state index in [-0.39, 0.29) is 0 Å². The maximum absolute atomic E-state index is 4.27. The molecule has 0 aliphatic heterocycles. The first-order valence-corrected chi connectivity index (χ1v) is 4.59. The fraction of sp³-hybridized carbons (Fsp3) is 0.417. The normalized spacial score (nSPS) is 15.6. The van der Waals surface area contributed by atoms with Crippen LogP contribution in [0.5, 0.6) is 0 Å². The highest BCUT2D eigenvalue weighted by Gasteiger charge is 1.92. The smallest absolute Gasteiger partial charge is 0.0401 e. The van der Waals surface area contributed by atoms with Crippen LogP contribution in [0, 0.1) is 0 Å². The van der Waals surface area contributed by atoms with Crippen molar-refractivity contribution < 1.29 is 0 Å². The van der Waals surface area contributed by atoms with Gasteiger partial charge in [0.25, 0.3) is 0 Å². The lowest BCUT2D eigenvalue weighted by Crippen LogP contribution is -1.92. The molecular formula is C12H19N. The van der Waals surface area contributed by atoms with Gasteiger partial charge in [0.1, 0.15) is 0 Å². The van der Waals surface area contributed by atoms with Gasteiger partial charge in [0.05, 0.1) is 0 Å². The monoisotopic (exact) mass is 177 g/mol. The molecule has 0 rings (SSSR count). The van der Waals surface area contributed by atoms with Gasteiger partial charge in [-0.1, -0.05) is 23.8 Å². The van der Waals surface area contributed by atoms with E-state index in [1.54, 1.807) is 0 Å². The lowest BCUT2D eigenvalue weighted by atomic mass is 10.1. The number of allylic oxidation sites excluding steroid dienone is 5. The van der Waals surface area contributed by atoms with Crippen molar-refractivity contribution in [2.45, 2.75) is 34.6 Å². The predicted molar refractivity (Wildman–Crippen MR) is 61.1 cm³/mol. The molecule has 0 radical (unpaired) electrons. The molecule has 0 aromatic heterocycles. The van der Waals surface area contributed by atoms with Crippen LogP contribution in [0.2, 0.25) is 0 Å². The predicted octanol–water partition coefficient (Wildman–Crippen LogP) is 3.89. The summed E-state index contributed by atoms with van der Waals surface area (Å²) < 4.78 is 0. The molecule has 0 aromatic carbocycles. The van der Waals surface area contributed by atoms with Crippen LogP contribution in [-0.4, -0.2) is 5.71 Å². The zero-order chi connectivity index (χ0) is 10.3. The van der Waals surface area contributed by atoms with Gasteiger partial charge in [0.2, 0.25) is 0 Å². The first kappa shape index (κ1) is 11.9. The van der Waals surface area contributed by atoms with Crippen molar-refractivity contribution in [1.82, 2.24) is 0 Å². The lowest BCUT2D eigenvalue weighted by molar-refractivity contribution is 1.40. The van der Waals surface area contributed by atoms with Crippen molar-refractivity contribution in [2.24, 2.45) is 4.99 Å². The molecular weight excluding hydrogens is 158 g/mol. The molecule has 0 fully saturated rings. The molecule has 1 nitrogen and oxygen atoms in total. The number of rotatable bonds is 3. The van der Waals surface area contributed by atoms with E-state index in [2.05, 4.69) is 31.0 Å². The minimum absolute atomic E-state index is 1.07. The Labute approximate surface area is 81.6 Å². The van der Waals surface area contributed by atoms with Crippen molar-refractivity contribution in [3.63, 3.8) is 0 Å². The van der Waals surface area contributed by atoms with Crippen molar-refractivity contribution in [3.8, 4) is 0 Å². The maximum Gasteiger partial charge on any atom is 0.0401 e. The van der Waals surface area contributed by atoms with E-state index in [0.717, 1.165) is 5.71 Å². The number of aliphatic imine (C=N–C) groups is 1. The summed E-state index contributed by atoms with van der Waals surface area (Å²) in [5.41, 5.74) is 3.56. The maximum atomic E-state index is 4.27. The van der Waals surface area contributed by atoms with Gasteiger partial charge in [-0.2, -0.15) is 0 Å². The molecule has 13 heavy (non-hydrogen) atoms. The molecule has 0 bridgehead atoms. The molecule has 0 saturated carbocycles. The van der Waals surface area contributed by atoms with Gasteiger partial charge in [0.15, 0.2) is 0 Å². The average molecular weight is 177 g/mol. The summed E-state index contributed by atoms with van der Waals surface area (Å²) in [7, 11) is 0. The van der Waals surface area contributed by atoms with Gasteiger partial charge in [-0.25, -0.2) is 0 Å². The topological polar surface area (TPSA) is 12.4 Å². The minimum atomic E-state index is 1.07. The zero-order valence-electron chi connectivity index (χ0n) is 9.26. The first-order valence-electron chi connectivity index (χ1n) is 4.59. The summed E-state index contributed by atoms with van der Waals surface area (Å²) in [6, 6.07) is 0. The zero-order valence-corrected chi connectivity index (χ0v) is 9.26. The Morgan fingerprint density at radius 3 is 2.15 bits per heavy atom. The molecule has 0 spiro atoms. The molecule has 0 amide bonds. The number of hydrogen-bond donors (Lipinski definition) is 0. The van der Waals surface area contributed by atoms with Gasteiger partial charge < -0.3 is 0 Å². The summed E-state index contributed by atoms with van der Waals surface area (Å²) in [6.45, 7) is 10.2. The van der Waals surface area contributed by atoms with E-state index in [0.29, 0.717) is 0 Å². The summed E-state index contributed by atoms with van der Waals surface area (Å²) >= 11 is 0. The Balaban J connectivity index is 4.59. The second kappa shape index (κ2) is 6.41. The Bertz CT molecular complexity index is 265. The van der Waals surface area contributed by atoms with E-state index in [1.807, 2.05) is 33.0 Å². The molecule has 0 aromatic rings. The second-order valence-corrected chi connectivity index (χ2v) is 3.06. The van der Waals surface area contributed by atoms with Crippen LogP contribution in [0.4, 0.5) is 0 Å². The van der Waals surface area contributed by atoms with Crippen LogP contribution in [0.25, 0.3) is 0 Å². The van der Waals surface area contributed by atoms with E-state index < -0.39 is 0 Å². The second-order valence-electron chi connectivity index (χ2n) is 3.06. The third-order valence-corrected chi connectivity index (χ3v) is 1.89. The van der Waals surface area contributed by atoms with E-state index in [4.69, 9.17) is 0 Å². The summed E-state index contributed by atoms with van der Waals surface area (Å²) in [6.07, 6.45) is 7.98. The molecule has 0 saturated heterocycles.